The van der Waals surface area contributed by atoms with Crippen LogP contribution in [0, 0.1) is 0 Å². The number of rotatable bonds is 4. The van der Waals surface area contributed by atoms with Crippen molar-refractivity contribution in [2.45, 2.75) is 58.4 Å². The van der Waals surface area contributed by atoms with Crippen LogP contribution in [0.3, 0.4) is 0 Å². The second-order valence-corrected chi connectivity index (χ2v) is 9.58. The monoisotopic (exact) mass is 434 g/mol. The van der Waals surface area contributed by atoms with Gasteiger partial charge in [-0.1, -0.05) is 30.3 Å². The number of hydrogen-bond acceptors (Lipinski definition) is 5. The summed E-state index contributed by atoms with van der Waals surface area (Å²) < 4.78 is 17.5. The number of carbonyl (C=O) groups excluding carboxylic acids is 1. The van der Waals surface area contributed by atoms with E-state index in [-0.39, 0.29) is 12.1 Å². The van der Waals surface area contributed by atoms with Gasteiger partial charge in [-0.25, -0.2) is 4.79 Å². The summed E-state index contributed by atoms with van der Waals surface area (Å²) in [5.41, 5.74) is 0.760. The van der Waals surface area contributed by atoms with E-state index in [4.69, 9.17) is 14.2 Å². The predicted molar refractivity (Wildman–Crippen MR) is 124 cm³/mol. The van der Waals surface area contributed by atoms with Crippen molar-refractivity contribution in [3.63, 3.8) is 0 Å². The fraction of sp³-hybridized carbons (Fsp3) is 0.385. The van der Waals surface area contributed by atoms with Crippen LogP contribution in [0.4, 0.5) is 4.79 Å². The molecule has 6 heteroatoms. The minimum Gasteiger partial charge on any atom is -0.456 e. The number of para-hydroxylation sites is 1. The van der Waals surface area contributed by atoms with Crippen LogP contribution in [-0.2, 0) is 15.9 Å². The zero-order valence-corrected chi connectivity index (χ0v) is 19.3. The molecule has 6 nitrogen and oxygen atoms in total. The van der Waals surface area contributed by atoms with Gasteiger partial charge in [-0.05, 0) is 70.9 Å². The lowest BCUT2D eigenvalue weighted by molar-refractivity contribution is -0.0624. The highest BCUT2D eigenvalue weighted by Crippen LogP contribution is 2.32. The molecular formula is C26H30N2O4. The topological polar surface area (TPSA) is 60.9 Å². The van der Waals surface area contributed by atoms with Crippen LogP contribution >= 0.6 is 0 Å². The molecule has 1 aliphatic rings. The molecule has 3 aromatic rings. The Hall–Kier alpha value is -3.12. The van der Waals surface area contributed by atoms with Gasteiger partial charge in [0.1, 0.15) is 22.8 Å². The average Bonchev–Trinajstić information content (AvgIpc) is 3.02. The van der Waals surface area contributed by atoms with Crippen molar-refractivity contribution in [1.82, 2.24) is 9.88 Å². The summed E-state index contributed by atoms with van der Waals surface area (Å²) in [4.78, 5) is 19.0. The largest absolute Gasteiger partial charge is 0.456 e. The van der Waals surface area contributed by atoms with Gasteiger partial charge in [-0.3, -0.25) is 9.88 Å². The highest BCUT2D eigenvalue weighted by molar-refractivity contribution is 5.79. The number of pyridine rings is 1. The van der Waals surface area contributed by atoms with Crippen molar-refractivity contribution >= 4 is 17.0 Å². The molecule has 1 saturated heterocycles. The molecule has 1 fully saturated rings. The van der Waals surface area contributed by atoms with Gasteiger partial charge >= 0.3 is 6.09 Å². The number of ether oxygens (including phenoxy) is 3. The zero-order chi connectivity index (χ0) is 22.9. The van der Waals surface area contributed by atoms with Crippen LogP contribution in [0.1, 0.15) is 40.2 Å². The number of fused-ring (bicyclic) bond motifs is 1. The van der Waals surface area contributed by atoms with Crippen LogP contribution in [0.15, 0.2) is 60.8 Å². The van der Waals surface area contributed by atoms with Gasteiger partial charge in [0.15, 0.2) is 0 Å². The van der Waals surface area contributed by atoms with Crippen LogP contribution < -0.4 is 4.74 Å². The zero-order valence-electron chi connectivity index (χ0n) is 19.3. The first-order valence-electron chi connectivity index (χ1n) is 10.9. The van der Waals surface area contributed by atoms with E-state index in [9.17, 15) is 4.79 Å². The summed E-state index contributed by atoms with van der Waals surface area (Å²) in [6.07, 6.45) is 2.04. The summed E-state index contributed by atoms with van der Waals surface area (Å²) in [5, 5.41) is 1.03. The summed E-state index contributed by atoms with van der Waals surface area (Å²) in [5.74, 6) is 1.43. The smallest absolute Gasteiger partial charge is 0.412 e. The van der Waals surface area contributed by atoms with Crippen molar-refractivity contribution in [3.8, 4) is 11.5 Å². The van der Waals surface area contributed by atoms with Gasteiger partial charge in [-0.15, -0.1) is 0 Å². The van der Waals surface area contributed by atoms with E-state index in [1.807, 2.05) is 89.2 Å². The van der Waals surface area contributed by atoms with Gasteiger partial charge in [0, 0.05) is 5.39 Å². The maximum Gasteiger partial charge on any atom is 0.412 e. The molecule has 0 N–H and O–H groups in total. The molecule has 168 valence electrons. The number of hydrogen-bond donors (Lipinski definition) is 0. The van der Waals surface area contributed by atoms with Crippen molar-refractivity contribution in [3.05, 3.63) is 66.4 Å². The number of carbonyl (C=O) groups is 1. The fourth-order valence-corrected chi connectivity index (χ4v) is 3.92. The Bertz CT molecular complexity index is 1100. The van der Waals surface area contributed by atoms with Crippen molar-refractivity contribution in [2.75, 3.05) is 6.61 Å². The van der Waals surface area contributed by atoms with E-state index in [1.54, 1.807) is 11.1 Å². The van der Waals surface area contributed by atoms with Gasteiger partial charge in [0.25, 0.3) is 0 Å². The molecule has 4 rings (SSSR count). The summed E-state index contributed by atoms with van der Waals surface area (Å²) >= 11 is 0. The van der Waals surface area contributed by atoms with E-state index < -0.39 is 11.3 Å². The third kappa shape index (κ3) is 5.02. The maximum absolute atomic E-state index is 12.8. The molecule has 2 aromatic carbocycles. The Morgan fingerprint density at radius 1 is 1.12 bits per heavy atom. The molecule has 0 radical (unpaired) electrons. The lowest BCUT2D eigenvalue weighted by Gasteiger charge is -2.35. The fourth-order valence-electron chi connectivity index (χ4n) is 3.92. The molecule has 1 amide bonds. The number of nitrogens with zero attached hydrogens (tertiary/aromatic N) is 2. The molecule has 0 aliphatic carbocycles. The first-order valence-corrected chi connectivity index (χ1v) is 10.9. The maximum atomic E-state index is 12.8. The summed E-state index contributed by atoms with van der Waals surface area (Å²) in [6.45, 7) is 9.86. The molecule has 0 spiro atoms. The Morgan fingerprint density at radius 3 is 2.56 bits per heavy atom. The van der Waals surface area contributed by atoms with Crippen molar-refractivity contribution in [1.29, 1.82) is 0 Å². The highest BCUT2D eigenvalue weighted by Gasteiger charge is 2.45. The summed E-state index contributed by atoms with van der Waals surface area (Å²) in [7, 11) is 0. The van der Waals surface area contributed by atoms with Gasteiger partial charge in [-0.2, -0.15) is 0 Å². The van der Waals surface area contributed by atoms with E-state index in [1.165, 1.54) is 0 Å². The van der Waals surface area contributed by atoms with E-state index >= 15 is 0 Å². The molecular weight excluding hydrogens is 404 g/mol. The van der Waals surface area contributed by atoms with Crippen LogP contribution in [0.25, 0.3) is 10.9 Å². The molecule has 0 saturated carbocycles. The van der Waals surface area contributed by atoms with Crippen LogP contribution in [0.2, 0.25) is 0 Å². The number of amides is 1. The third-order valence-corrected chi connectivity index (χ3v) is 5.36. The van der Waals surface area contributed by atoms with Crippen molar-refractivity contribution < 1.29 is 19.0 Å². The van der Waals surface area contributed by atoms with E-state index in [2.05, 4.69) is 4.98 Å². The Balaban J connectivity index is 1.44. The minimum atomic E-state index is -0.709. The third-order valence-electron chi connectivity index (χ3n) is 5.36. The van der Waals surface area contributed by atoms with E-state index in [0.29, 0.717) is 18.8 Å². The molecule has 1 aromatic heterocycles. The first-order chi connectivity index (χ1) is 15.1. The van der Waals surface area contributed by atoms with Gasteiger partial charge in [0.2, 0.25) is 0 Å². The Kier molecular flexibility index (Phi) is 5.82. The van der Waals surface area contributed by atoms with Crippen LogP contribution in [0.5, 0.6) is 11.5 Å². The van der Waals surface area contributed by atoms with Gasteiger partial charge in [0.05, 0.1) is 24.4 Å². The van der Waals surface area contributed by atoms with Crippen molar-refractivity contribution in [2.24, 2.45) is 0 Å². The molecule has 1 aliphatic heterocycles. The second-order valence-electron chi connectivity index (χ2n) is 9.58. The Morgan fingerprint density at radius 2 is 1.84 bits per heavy atom. The molecule has 2 heterocycles. The molecule has 32 heavy (non-hydrogen) atoms. The molecule has 1 atom stereocenters. The minimum absolute atomic E-state index is 0.101. The van der Waals surface area contributed by atoms with Gasteiger partial charge < -0.3 is 14.2 Å². The second kappa shape index (κ2) is 8.43. The Labute approximate surface area is 189 Å². The molecule has 1 unspecified atom stereocenters. The normalized spacial score (nSPS) is 18.0. The standard InChI is InChI=1S/C26H30N2O4/c1-25(2,3)32-24(29)28-20(17-30-26(28,4)5)14-18-10-12-21(13-11-18)31-22-15-19-8-6-7-9-23(19)27-16-22/h6-13,15-16,20H,14,17H2,1-5H3. The predicted octanol–water partition coefficient (Wildman–Crippen LogP) is 5.94. The average molecular weight is 435 g/mol. The molecule has 0 bridgehead atoms. The lowest BCUT2D eigenvalue weighted by atomic mass is 10.0. The lowest BCUT2D eigenvalue weighted by Crippen LogP contribution is -2.50. The quantitative estimate of drug-likeness (QED) is 0.508. The van der Waals surface area contributed by atoms with Crippen LogP contribution in [-0.4, -0.2) is 40.0 Å². The number of benzene rings is 2. The first kappa shape index (κ1) is 22.1. The highest BCUT2D eigenvalue weighted by atomic mass is 16.6. The van der Waals surface area contributed by atoms with E-state index in [0.717, 1.165) is 22.2 Å². The summed E-state index contributed by atoms with van der Waals surface area (Å²) in [6, 6.07) is 17.7. The number of aromatic nitrogens is 1. The SMILES string of the molecule is CC(C)(C)OC(=O)N1C(Cc2ccc(Oc3cnc4ccccc4c3)cc2)COC1(C)C.